The van der Waals surface area contributed by atoms with E-state index in [1.165, 1.54) is 32.0 Å². The standard InChI is InChI=1S/C19H22OS.2C8H9N2P.C2H6/c1-11-7-12(2)17-15(8-11)21-16-10-14(19(4,5)6)9-13(3)18(16)20-17;2*1-2-6-9(5-1)11-10-7-3-4-8-10;1-2/h7-10H,1-6H3;2*1-8,11H;1-2H3. The Hall–Kier alpha value is -3.43. The van der Waals surface area contributed by atoms with Crippen LogP contribution in [0.15, 0.2) is 132 Å². The third-order valence-electron chi connectivity index (χ3n) is 6.80. The first-order valence-corrected chi connectivity index (χ1v) is 17.9. The average Bonchev–Trinajstić information content (AvgIpc) is 3.84. The SMILES string of the molecule is CC.Cc1cc(C)c2c(c1)Sc1cc(C(C)(C)C)cc(C)c1O2.c1ccn(Pn2cccc2)c1.c1ccn(Pn2cccc2)c1. The van der Waals surface area contributed by atoms with E-state index in [0.717, 1.165) is 11.5 Å². The predicted octanol–water partition coefficient (Wildman–Crippen LogP) is 11.6. The lowest BCUT2D eigenvalue weighted by Gasteiger charge is -2.27. The summed E-state index contributed by atoms with van der Waals surface area (Å²) in [5.74, 6) is 2.04. The Kier molecular flexibility index (Phi) is 12.4. The Labute approximate surface area is 277 Å². The zero-order valence-corrected chi connectivity index (χ0v) is 30.5. The van der Waals surface area contributed by atoms with Gasteiger partial charge in [-0.25, -0.2) is 0 Å². The largest absolute Gasteiger partial charge is 0.454 e. The Morgan fingerprint density at radius 2 is 0.889 bits per heavy atom. The smallest absolute Gasteiger partial charge is 0.144 e. The van der Waals surface area contributed by atoms with Gasteiger partial charge in [0.15, 0.2) is 0 Å². The second-order valence-corrected chi connectivity index (χ2v) is 15.1. The van der Waals surface area contributed by atoms with Gasteiger partial charge in [-0.3, -0.25) is 0 Å². The third kappa shape index (κ3) is 9.78. The summed E-state index contributed by atoms with van der Waals surface area (Å²) in [4.78, 5) is 2.46. The molecule has 0 bridgehead atoms. The van der Waals surface area contributed by atoms with Crippen molar-refractivity contribution in [1.29, 1.82) is 0 Å². The van der Waals surface area contributed by atoms with Crippen LogP contribution in [-0.4, -0.2) is 17.4 Å². The van der Waals surface area contributed by atoms with E-state index in [1.807, 2.05) is 74.1 Å². The molecule has 1 aliphatic rings. The molecule has 0 atom stereocenters. The molecular weight excluding hydrogens is 610 g/mol. The third-order valence-corrected chi connectivity index (χ3v) is 9.96. The van der Waals surface area contributed by atoms with Gasteiger partial charge < -0.3 is 22.1 Å². The first-order chi connectivity index (χ1) is 21.7. The monoisotopic (exact) mass is 656 g/mol. The summed E-state index contributed by atoms with van der Waals surface area (Å²) in [6, 6.07) is 25.2. The molecule has 45 heavy (non-hydrogen) atoms. The number of aryl methyl sites for hydroxylation is 3. The van der Waals surface area contributed by atoms with Crippen molar-refractivity contribution in [3.05, 3.63) is 145 Å². The Morgan fingerprint density at radius 1 is 0.533 bits per heavy atom. The van der Waals surface area contributed by atoms with Gasteiger partial charge in [-0.05, 0) is 109 Å². The number of hydrogen-bond donors (Lipinski definition) is 0. The molecule has 0 fully saturated rings. The molecule has 7 rings (SSSR count). The van der Waals surface area contributed by atoms with Gasteiger partial charge >= 0.3 is 0 Å². The molecule has 0 N–H and O–H groups in total. The molecule has 236 valence electrons. The van der Waals surface area contributed by atoms with E-state index in [2.05, 4.69) is 133 Å². The quantitative estimate of drug-likeness (QED) is 0.176. The van der Waals surface area contributed by atoms with Crippen molar-refractivity contribution < 1.29 is 4.74 Å². The van der Waals surface area contributed by atoms with Crippen LogP contribution in [0.4, 0.5) is 0 Å². The average molecular weight is 657 g/mol. The lowest BCUT2D eigenvalue weighted by atomic mass is 9.86. The first-order valence-electron chi connectivity index (χ1n) is 15.3. The molecule has 2 aromatic carbocycles. The minimum absolute atomic E-state index is 0.156. The predicted molar refractivity (Wildman–Crippen MR) is 197 cm³/mol. The molecule has 0 unspecified atom stereocenters. The fourth-order valence-corrected chi connectivity index (χ4v) is 7.61. The molecule has 1 aliphatic heterocycles. The zero-order chi connectivity index (χ0) is 32.4. The van der Waals surface area contributed by atoms with Crippen LogP contribution in [-0.2, 0) is 5.41 Å². The van der Waals surface area contributed by atoms with Gasteiger partial charge in [0, 0.05) is 49.6 Å². The number of rotatable bonds is 4. The highest BCUT2D eigenvalue weighted by atomic mass is 32.2. The van der Waals surface area contributed by atoms with Crippen molar-refractivity contribution in [2.45, 2.75) is 70.6 Å². The fraction of sp³-hybridized carbons (Fsp3) is 0.243. The number of aromatic nitrogens is 4. The Bertz CT molecular complexity index is 1590. The maximum atomic E-state index is 6.24. The van der Waals surface area contributed by atoms with E-state index in [1.54, 1.807) is 0 Å². The molecule has 0 amide bonds. The highest BCUT2D eigenvalue weighted by Gasteiger charge is 2.24. The number of fused-ring (bicyclic) bond motifs is 2. The number of ether oxygens (including phenoxy) is 1. The highest BCUT2D eigenvalue weighted by Crippen LogP contribution is 2.51. The van der Waals surface area contributed by atoms with Crippen LogP contribution in [0.25, 0.3) is 0 Å². The summed E-state index contributed by atoms with van der Waals surface area (Å²) >= 11 is 1.83. The summed E-state index contributed by atoms with van der Waals surface area (Å²) in [5, 5.41) is 0. The first kappa shape index (κ1) is 34.4. The molecular formula is C37H46N4OP2S. The molecule has 0 radical (unpaired) electrons. The lowest BCUT2D eigenvalue weighted by Crippen LogP contribution is -2.12. The molecule has 6 aromatic rings. The van der Waals surface area contributed by atoms with E-state index in [4.69, 9.17) is 4.74 Å². The topological polar surface area (TPSA) is 28.9 Å². The maximum absolute atomic E-state index is 6.24. The van der Waals surface area contributed by atoms with Gasteiger partial charge in [0.05, 0.1) is 27.6 Å². The van der Waals surface area contributed by atoms with E-state index >= 15 is 0 Å². The van der Waals surface area contributed by atoms with Crippen molar-refractivity contribution in [2.24, 2.45) is 0 Å². The molecule has 0 saturated heterocycles. The van der Waals surface area contributed by atoms with Gasteiger partial charge in [-0.1, -0.05) is 58.5 Å². The molecule has 4 aromatic heterocycles. The van der Waals surface area contributed by atoms with Gasteiger partial charge in [0.1, 0.15) is 11.5 Å². The molecule has 5 nitrogen and oxygen atoms in total. The molecule has 0 saturated carbocycles. The van der Waals surface area contributed by atoms with Crippen molar-refractivity contribution in [3.8, 4) is 11.5 Å². The summed E-state index contributed by atoms with van der Waals surface area (Å²) in [5.41, 5.74) is 5.23. The molecule has 0 aliphatic carbocycles. The van der Waals surface area contributed by atoms with Gasteiger partial charge in [0.2, 0.25) is 0 Å². The van der Waals surface area contributed by atoms with Crippen molar-refractivity contribution in [2.75, 3.05) is 0 Å². The fourth-order valence-electron chi connectivity index (χ4n) is 4.60. The maximum Gasteiger partial charge on any atom is 0.144 e. The zero-order valence-electron chi connectivity index (χ0n) is 27.7. The molecule has 0 spiro atoms. The van der Waals surface area contributed by atoms with E-state index < -0.39 is 0 Å². The molecule has 8 heteroatoms. The Morgan fingerprint density at radius 3 is 1.27 bits per heavy atom. The van der Waals surface area contributed by atoms with Crippen LogP contribution in [0.1, 0.15) is 56.9 Å². The van der Waals surface area contributed by atoms with Crippen LogP contribution in [0.3, 0.4) is 0 Å². The van der Waals surface area contributed by atoms with Gasteiger partial charge in [0.25, 0.3) is 0 Å². The minimum atomic E-state index is 0.156. The Balaban J connectivity index is 0.000000162. The summed E-state index contributed by atoms with van der Waals surface area (Å²) < 4.78 is 14.9. The number of hydrogen-bond acceptors (Lipinski definition) is 2. The van der Waals surface area contributed by atoms with Crippen molar-refractivity contribution in [1.82, 2.24) is 17.4 Å². The van der Waals surface area contributed by atoms with Gasteiger partial charge in [-0.2, -0.15) is 0 Å². The summed E-state index contributed by atoms with van der Waals surface area (Å²) in [6.45, 7) is 17.2. The van der Waals surface area contributed by atoms with Crippen molar-refractivity contribution in [3.63, 3.8) is 0 Å². The van der Waals surface area contributed by atoms with Crippen LogP contribution in [0.5, 0.6) is 11.5 Å². The number of nitrogens with zero attached hydrogens (tertiary/aromatic N) is 4. The molecule has 5 heterocycles. The second-order valence-electron chi connectivity index (χ2n) is 11.5. The minimum Gasteiger partial charge on any atom is -0.454 e. The normalized spacial score (nSPS) is 11.4. The van der Waals surface area contributed by atoms with E-state index in [0.29, 0.717) is 17.8 Å². The van der Waals surface area contributed by atoms with E-state index in [9.17, 15) is 0 Å². The van der Waals surface area contributed by atoms with Crippen LogP contribution in [0, 0.1) is 20.8 Å². The highest BCUT2D eigenvalue weighted by molar-refractivity contribution is 7.99. The second kappa shape index (κ2) is 16.2. The number of benzene rings is 2. The van der Waals surface area contributed by atoms with Crippen molar-refractivity contribution >= 4 is 29.5 Å². The van der Waals surface area contributed by atoms with E-state index in [-0.39, 0.29) is 5.41 Å². The lowest BCUT2D eigenvalue weighted by molar-refractivity contribution is 0.445. The van der Waals surface area contributed by atoms with Gasteiger partial charge in [-0.15, -0.1) is 0 Å². The summed E-state index contributed by atoms with van der Waals surface area (Å²) in [6.07, 6.45) is 16.5. The van der Waals surface area contributed by atoms with Crippen LogP contribution in [0.2, 0.25) is 0 Å². The summed E-state index contributed by atoms with van der Waals surface area (Å²) in [7, 11) is 1.32. The van der Waals surface area contributed by atoms with Crippen LogP contribution < -0.4 is 4.74 Å². The van der Waals surface area contributed by atoms with Crippen LogP contribution >= 0.6 is 29.5 Å².